The molecular weight excluding hydrogens is 272 g/mol. The van der Waals surface area contributed by atoms with Crippen molar-refractivity contribution in [2.24, 2.45) is 0 Å². The summed E-state index contributed by atoms with van der Waals surface area (Å²) in [5.74, 6) is 0.218. The lowest BCUT2D eigenvalue weighted by Gasteiger charge is -2.26. The predicted molar refractivity (Wildman–Crippen MR) is 82.9 cm³/mol. The highest BCUT2D eigenvalue weighted by atomic mass is 35.5. The maximum Gasteiger partial charge on any atom is 0.239 e. The Hall–Kier alpha value is -1.06. The Labute approximate surface area is 126 Å². The van der Waals surface area contributed by atoms with Gasteiger partial charge in [-0.25, -0.2) is 0 Å². The van der Waals surface area contributed by atoms with E-state index < -0.39 is 0 Å². The molecular formula is C16H23ClN2O. The van der Waals surface area contributed by atoms with Crippen LogP contribution in [0, 0.1) is 0 Å². The number of amides is 1. The Kier molecular flexibility index (Phi) is 5.44. The zero-order valence-corrected chi connectivity index (χ0v) is 13.0. The molecule has 0 aliphatic carbocycles. The SMILES string of the molecule is CCC(NC(C)C(=O)N1CCCC1)c1ccc(Cl)cc1. The molecule has 3 nitrogen and oxygen atoms in total. The first-order valence-corrected chi connectivity index (χ1v) is 7.80. The monoisotopic (exact) mass is 294 g/mol. The number of hydrogen-bond donors (Lipinski definition) is 1. The van der Waals surface area contributed by atoms with E-state index in [0.717, 1.165) is 37.4 Å². The van der Waals surface area contributed by atoms with Crippen LogP contribution < -0.4 is 5.32 Å². The van der Waals surface area contributed by atoms with Gasteiger partial charge in [-0.3, -0.25) is 10.1 Å². The lowest BCUT2D eigenvalue weighted by Crippen LogP contribution is -2.44. The molecule has 0 radical (unpaired) electrons. The maximum absolute atomic E-state index is 12.3. The molecule has 1 aliphatic heterocycles. The van der Waals surface area contributed by atoms with Crippen LogP contribution in [0.2, 0.25) is 5.02 Å². The van der Waals surface area contributed by atoms with Crippen molar-refractivity contribution in [3.63, 3.8) is 0 Å². The molecule has 0 bridgehead atoms. The molecule has 2 unspecified atom stereocenters. The number of likely N-dealkylation sites (tertiary alicyclic amines) is 1. The number of rotatable bonds is 5. The molecule has 1 aromatic carbocycles. The third-order valence-electron chi connectivity index (χ3n) is 3.92. The van der Waals surface area contributed by atoms with Crippen molar-refractivity contribution < 1.29 is 4.79 Å². The summed E-state index contributed by atoms with van der Waals surface area (Å²) < 4.78 is 0. The maximum atomic E-state index is 12.3. The first kappa shape index (κ1) is 15.3. The fourth-order valence-corrected chi connectivity index (χ4v) is 2.86. The fourth-order valence-electron chi connectivity index (χ4n) is 2.73. The van der Waals surface area contributed by atoms with Gasteiger partial charge >= 0.3 is 0 Å². The topological polar surface area (TPSA) is 32.3 Å². The van der Waals surface area contributed by atoms with E-state index in [1.807, 2.05) is 36.1 Å². The molecule has 2 atom stereocenters. The van der Waals surface area contributed by atoms with Gasteiger partial charge in [0.1, 0.15) is 0 Å². The molecule has 1 heterocycles. The van der Waals surface area contributed by atoms with E-state index in [-0.39, 0.29) is 18.0 Å². The molecule has 110 valence electrons. The van der Waals surface area contributed by atoms with E-state index in [4.69, 9.17) is 11.6 Å². The number of carbonyl (C=O) groups is 1. The first-order chi connectivity index (χ1) is 9.61. The summed E-state index contributed by atoms with van der Waals surface area (Å²) >= 11 is 5.92. The van der Waals surface area contributed by atoms with Gasteiger partial charge in [0.05, 0.1) is 6.04 Å². The van der Waals surface area contributed by atoms with Crippen LogP contribution in [0.1, 0.15) is 44.7 Å². The third-order valence-corrected chi connectivity index (χ3v) is 4.17. The molecule has 1 N–H and O–H groups in total. The summed E-state index contributed by atoms with van der Waals surface area (Å²) in [5, 5.41) is 4.19. The summed E-state index contributed by atoms with van der Waals surface area (Å²) in [7, 11) is 0. The molecule has 1 aliphatic rings. The Morgan fingerprint density at radius 2 is 1.90 bits per heavy atom. The smallest absolute Gasteiger partial charge is 0.239 e. The Morgan fingerprint density at radius 1 is 1.30 bits per heavy atom. The summed E-state index contributed by atoms with van der Waals surface area (Å²) in [5.41, 5.74) is 1.18. The van der Waals surface area contributed by atoms with Crippen LogP contribution in [0.25, 0.3) is 0 Å². The van der Waals surface area contributed by atoms with Crippen LogP contribution in [0.5, 0.6) is 0 Å². The van der Waals surface area contributed by atoms with Gasteiger partial charge in [-0.2, -0.15) is 0 Å². The molecule has 1 saturated heterocycles. The van der Waals surface area contributed by atoms with Gasteiger partial charge < -0.3 is 4.90 Å². The molecule has 1 aromatic rings. The van der Waals surface area contributed by atoms with E-state index in [1.54, 1.807) is 0 Å². The average molecular weight is 295 g/mol. The van der Waals surface area contributed by atoms with E-state index in [0.29, 0.717) is 0 Å². The molecule has 0 aromatic heterocycles. The molecule has 20 heavy (non-hydrogen) atoms. The Bertz CT molecular complexity index is 440. The first-order valence-electron chi connectivity index (χ1n) is 7.42. The zero-order chi connectivity index (χ0) is 14.5. The van der Waals surface area contributed by atoms with E-state index in [1.165, 1.54) is 5.56 Å². The normalized spacial score (nSPS) is 18.1. The van der Waals surface area contributed by atoms with Crippen molar-refractivity contribution in [2.75, 3.05) is 13.1 Å². The molecule has 4 heteroatoms. The third kappa shape index (κ3) is 3.74. The van der Waals surface area contributed by atoms with E-state index >= 15 is 0 Å². The number of carbonyl (C=O) groups excluding carboxylic acids is 1. The van der Waals surface area contributed by atoms with E-state index in [9.17, 15) is 4.79 Å². The number of benzene rings is 1. The number of halogens is 1. The highest BCUT2D eigenvalue weighted by Gasteiger charge is 2.24. The second-order valence-corrected chi connectivity index (χ2v) is 5.87. The van der Waals surface area contributed by atoms with Gasteiger partial charge in [-0.05, 0) is 43.9 Å². The predicted octanol–water partition coefficient (Wildman–Crippen LogP) is 3.39. The highest BCUT2D eigenvalue weighted by molar-refractivity contribution is 6.30. The van der Waals surface area contributed by atoms with Crippen LogP contribution in [0.4, 0.5) is 0 Å². The number of hydrogen-bond acceptors (Lipinski definition) is 2. The lowest BCUT2D eigenvalue weighted by atomic mass is 10.0. The van der Waals surface area contributed by atoms with Crippen molar-refractivity contribution in [2.45, 2.75) is 45.2 Å². The minimum Gasteiger partial charge on any atom is -0.341 e. The fraction of sp³-hybridized carbons (Fsp3) is 0.562. The van der Waals surface area contributed by atoms with Crippen molar-refractivity contribution in [1.29, 1.82) is 0 Å². The highest BCUT2D eigenvalue weighted by Crippen LogP contribution is 2.20. The molecule has 0 saturated carbocycles. The molecule has 2 rings (SSSR count). The molecule has 1 fully saturated rings. The van der Waals surface area contributed by atoms with Gasteiger partial charge in [0.25, 0.3) is 0 Å². The van der Waals surface area contributed by atoms with Crippen LogP contribution in [0.3, 0.4) is 0 Å². The summed E-state index contributed by atoms with van der Waals surface area (Å²) in [6.07, 6.45) is 3.21. The van der Waals surface area contributed by atoms with Gasteiger partial charge in [0.15, 0.2) is 0 Å². The van der Waals surface area contributed by atoms with Gasteiger partial charge in [-0.15, -0.1) is 0 Å². The van der Waals surface area contributed by atoms with Crippen LogP contribution in [-0.2, 0) is 4.79 Å². The van der Waals surface area contributed by atoms with Gasteiger partial charge in [0.2, 0.25) is 5.91 Å². The van der Waals surface area contributed by atoms with Crippen LogP contribution >= 0.6 is 11.6 Å². The Balaban J connectivity index is 1.98. The lowest BCUT2D eigenvalue weighted by molar-refractivity contribution is -0.132. The quantitative estimate of drug-likeness (QED) is 0.903. The van der Waals surface area contributed by atoms with E-state index in [2.05, 4.69) is 12.2 Å². The zero-order valence-electron chi connectivity index (χ0n) is 12.2. The number of nitrogens with one attached hydrogen (secondary N) is 1. The Morgan fingerprint density at radius 3 is 2.45 bits per heavy atom. The largest absolute Gasteiger partial charge is 0.341 e. The molecule has 0 spiro atoms. The van der Waals surface area contributed by atoms with Crippen molar-refractivity contribution in [1.82, 2.24) is 10.2 Å². The minimum absolute atomic E-state index is 0.145. The minimum atomic E-state index is -0.145. The standard InChI is InChI=1S/C16H23ClN2O/c1-3-15(13-6-8-14(17)9-7-13)18-12(2)16(20)19-10-4-5-11-19/h6-9,12,15,18H,3-5,10-11H2,1-2H3. The second-order valence-electron chi connectivity index (χ2n) is 5.43. The van der Waals surface area contributed by atoms with Crippen LogP contribution in [0.15, 0.2) is 24.3 Å². The summed E-state index contributed by atoms with van der Waals surface area (Å²) in [4.78, 5) is 14.3. The van der Waals surface area contributed by atoms with Crippen molar-refractivity contribution in [3.05, 3.63) is 34.9 Å². The van der Waals surface area contributed by atoms with Crippen molar-refractivity contribution >= 4 is 17.5 Å². The van der Waals surface area contributed by atoms with Gasteiger partial charge in [-0.1, -0.05) is 30.7 Å². The summed E-state index contributed by atoms with van der Waals surface area (Å²) in [6, 6.07) is 7.89. The van der Waals surface area contributed by atoms with Crippen molar-refractivity contribution in [3.8, 4) is 0 Å². The average Bonchev–Trinajstić information content (AvgIpc) is 2.99. The molecule has 1 amide bonds. The number of nitrogens with zero attached hydrogens (tertiary/aromatic N) is 1. The summed E-state index contributed by atoms with van der Waals surface area (Å²) in [6.45, 7) is 5.89. The van der Waals surface area contributed by atoms with Gasteiger partial charge in [0, 0.05) is 24.2 Å². The van der Waals surface area contributed by atoms with Crippen LogP contribution in [-0.4, -0.2) is 29.9 Å². The second kappa shape index (κ2) is 7.09.